The minimum absolute atomic E-state index is 0.0795. The van der Waals surface area contributed by atoms with Crippen LogP contribution in [0.15, 0.2) is 78.9 Å². The van der Waals surface area contributed by atoms with Crippen LogP contribution < -0.4 is 9.80 Å². The molecule has 3 amide bonds. The summed E-state index contributed by atoms with van der Waals surface area (Å²) in [6, 6.07) is 23.0. The van der Waals surface area contributed by atoms with E-state index in [9.17, 15) is 18.4 Å². The highest BCUT2D eigenvalue weighted by atomic mass is 19.3. The standard InChI is InChI=1S/C29H29F2N3O3/c1-32(23-13-11-22(12-14-23)26(30)31)27(35)34-20-29(24-9-5-6-10-25(24)34)15-17-33(18-16-29)28(36)37-19-21-7-3-2-4-8-21/h2-14,26H,15-20H2,1H3. The van der Waals surface area contributed by atoms with Gasteiger partial charge in [-0.05, 0) is 42.2 Å². The summed E-state index contributed by atoms with van der Waals surface area (Å²) < 4.78 is 31.4. The Morgan fingerprint density at radius 3 is 2.27 bits per heavy atom. The number of amides is 3. The van der Waals surface area contributed by atoms with Gasteiger partial charge in [0.1, 0.15) is 6.61 Å². The number of halogens is 2. The predicted molar refractivity (Wildman–Crippen MR) is 138 cm³/mol. The minimum atomic E-state index is -2.55. The van der Waals surface area contributed by atoms with Crippen molar-refractivity contribution in [3.8, 4) is 0 Å². The summed E-state index contributed by atoms with van der Waals surface area (Å²) in [5.41, 5.74) is 3.10. The van der Waals surface area contributed by atoms with Crippen molar-refractivity contribution in [1.82, 2.24) is 4.90 Å². The first-order valence-electron chi connectivity index (χ1n) is 12.4. The van der Waals surface area contributed by atoms with E-state index in [1.165, 1.54) is 29.2 Å². The lowest BCUT2D eigenvalue weighted by molar-refractivity contribution is 0.0790. The van der Waals surface area contributed by atoms with Crippen LogP contribution in [0.3, 0.4) is 0 Å². The number of anilines is 2. The van der Waals surface area contributed by atoms with E-state index in [1.807, 2.05) is 48.5 Å². The lowest BCUT2D eigenvalue weighted by Crippen LogP contribution is -2.49. The van der Waals surface area contributed by atoms with Crippen molar-refractivity contribution < 1.29 is 23.1 Å². The van der Waals surface area contributed by atoms with Crippen molar-refractivity contribution in [2.45, 2.75) is 31.3 Å². The molecule has 6 nitrogen and oxygen atoms in total. The van der Waals surface area contributed by atoms with Crippen LogP contribution in [0.4, 0.5) is 29.7 Å². The summed E-state index contributed by atoms with van der Waals surface area (Å²) in [5.74, 6) is 0. The van der Waals surface area contributed by atoms with Gasteiger partial charge in [-0.2, -0.15) is 0 Å². The molecule has 3 aromatic rings. The van der Waals surface area contributed by atoms with E-state index in [1.54, 1.807) is 16.8 Å². The van der Waals surface area contributed by atoms with Gasteiger partial charge in [0.25, 0.3) is 6.43 Å². The first-order chi connectivity index (χ1) is 17.9. The van der Waals surface area contributed by atoms with Gasteiger partial charge < -0.3 is 9.64 Å². The van der Waals surface area contributed by atoms with Crippen molar-refractivity contribution in [2.75, 3.05) is 36.5 Å². The number of likely N-dealkylation sites (tertiary alicyclic amines) is 1. The zero-order chi connectivity index (χ0) is 26.0. The molecular weight excluding hydrogens is 476 g/mol. The molecule has 0 atom stereocenters. The summed E-state index contributed by atoms with van der Waals surface area (Å²) in [7, 11) is 1.65. The zero-order valence-electron chi connectivity index (χ0n) is 20.6. The van der Waals surface area contributed by atoms with Gasteiger partial charge in [0, 0.05) is 49.0 Å². The van der Waals surface area contributed by atoms with Crippen LogP contribution in [-0.2, 0) is 16.8 Å². The van der Waals surface area contributed by atoms with Gasteiger partial charge in [-0.1, -0.05) is 60.7 Å². The minimum Gasteiger partial charge on any atom is -0.445 e. The van der Waals surface area contributed by atoms with Crippen molar-refractivity contribution in [3.63, 3.8) is 0 Å². The number of carbonyl (C=O) groups excluding carboxylic acids is 2. The van der Waals surface area contributed by atoms with E-state index in [2.05, 4.69) is 6.07 Å². The Labute approximate surface area is 215 Å². The Bertz CT molecular complexity index is 1260. The number of rotatable bonds is 4. The number of para-hydroxylation sites is 1. The highest BCUT2D eigenvalue weighted by molar-refractivity contribution is 6.05. The van der Waals surface area contributed by atoms with Gasteiger partial charge >= 0.3 is 12.1 Å². The number of alkyl halides is 2. The molecule has 1 saturated heterocycles. The number of piperidine rings is 1. The molecular formula is C29H29F2N3O3. The van der Waals surface area contributed by atoms with Crippen molar-refractivity contribution in [2.24, 2.45) is 0 Å². The number of urea groups is 1. The van der Waals surface area contributed by atoms with Gasteiger partial charge in [-0.3, -0.25) is 9.80 Å². The van der Waals surface area contributed by atoms with Crippen LogP contribution in [0.5, 0.6) is 0 Å². The second kappa shape index (κ2) is 10.2. The molecule has 0 saturated carbocycles. The number of hydrogen-bond donors (Lipinski definition) is 0. The molecule has 37 heavy (non-hydrogen) atoms. The Hall–Kier alpha value is -3.94. The molecule has 0 bridgehead atoms. The van der Waals surface area contributed by atoms with Crippen LogP contribution in [0.1, 0.15) is 36.0 Å². The van der Waals surface area contributed by atoms with E-state index >= 15 is 0 Å². The predicted octanol–water partition coefficient (Wildman–Crippen LogP) is 6.37. The van der Waals surface area contributed by atoms with Crippen molar-refractivity contribution >= 4 is 23.5 Å². The average molecular weight is 506 g/mol. The normalized spacial score (nSPS) is 16.1. The van der Waals surface area contributed by atoms with E-state index in [0.717, 1.165) is 16.8 Å². The average Bonchev–Trinajstić information content (AvgIpc) is 3.25. The maximum absolute atomic E-state index is 13.6. The first-order valence-corrected chi connectivity index (χ1v) is 12.4. The third kappa shape index (κ3) is 4.88. The first kappa shape index (κ1) is 24.7. The van der Waals surface area contributed by atoms with Gasteiger partial charge in [-0.25, -0.2) is 18.4 Å². The highest BCUT2D eigenvalue weighted by Crippen LogP contribution is 2.47. The molecule has 0 radical (unpaired) electrons. The molecule has 1 fully saturated rings. The molecule has 5 rings (SSSR count). The van der Waals surface area contributed by atoms with E-state index in [4.69, 9.17) is 4.74 Å². The van der Waals surface area contributed by atoms with Crippen LogP contribution >= 0.6 is 0 Å². The highest BCUT2D eigenvalue weighted by Gasteiger charge is 2.47. The van der Waals surface area contributed by atoms with Crippen LogP contribution in [0.25, 0.3) is 0 Å². The fourth-order valence-electron chi connectivity index (χ4n) is 5.29. The van der Waals surface area contributed by atoms with E-state index < -0.39 is 6.43 Å². The molecule has 2 heterocycles. The third-order valence-electron chi connectivity index (χ3n) is 7.46. The molecule has 0 aromatic heterocycles. The Balaban J connectivity index is 1.27. The van der Waals surface area contributed by atoms with E-state index in [-0.39, 0.29) is 29.7 Å². The largest absolute Gasteiger partial charge is 0.445 e. The Morgan fingerprint density at radius 2 is 1.59 bits per heavy atom. The number of ether oxygens (including phenoxy) is 1. The molecule has 192 valence electrons. The fraction of sp³-hybridized carbons (Fsp3) is 0.310. The SMILES string of the molecule is CN(C(=O)N1CC2(CCN(C(=O)OCc3ccccc3)CC2)c2ccccc21)c1ccc(C(F)F)cc1. The Morgan fingerprint density at radius 1 is 0.946 bits per heavy atom. The zero-order valence-corrected chi connectivity index (χ0v) is 20.6. The molecule has 8 heteroatoms. The number of benzene rings is 3. The number of fused-ring (bicyclic) bond motifs is 2. The molecule has 0 unspecified atom stereocenters. The summed E-state index contributed by atoms with van der Waals surface area (Å²) in [6.45, 7) is 1.80. The molecule has 0 N–H and O–H groups in total. The second-order valence-electron chi connectivity index (χ2n) is 9.64. The summed E-state index contributed by atoms with van der Waals surface area (Å²) in [4.78, 5) is 31.2. The molecule has 3 aromatic carbocycles. The summed E-state index contributed by atoms with van der Waals surface area (Å²) >= 11 is 0. The van der Waals surface area contributed by atoms with Gasteiger partial charge in [0.2, 0.25) is 0 Å². The Kier molecular flexibility index (Phi) is 6.82. The maximum Gasteiger partial charge on any atom is 0.410 e. The molecule has 2 aliphatic rings. The number of nitrogens with zero attached hydrogens (tertiary/aromatic N) is 3. The lowest BCUT2D eigenvalue weighted by Gasteiger charge is -2.39. The van der Waals surface area contributed by atoms with Crippen molar-refractivity contribution in [3.05, 3.63) is 95.6 Å². The van der Waals surface area contributed by atoms with E-state index in [0.29, 0.717) is 38.2 Å². The smallest absolute Gasteiger partial charge is 0.410 e. The topological polar surface area (TPSA) is 53.1 Å². The van der Waals surface area contributed by atoms with Gasteiger partial charge in [0.05, 0.1) is 0 Å². The van der Waals surface area contributed by atoms with Crippen LogP contribution in [0, 0.1) is 0 Å². The fourth-order valence-corrected chi connectivity index (χ4v) is 5.29. The quantitative estimate of drug-likeness (QED) is 0.414. The monoisotopic (exact) mass is 505 g/mol. The second-order valence-corrected chi connectivity index (χ2v) is 9.64. The van der Waals surface area contributed by atoms with Gasteiger partial charge in [0.15, 0.2) is 0 Å². The number of hydrogen-bond acceptors (Lipinski definition) is 3. The molecule has 0 aliphatic carbocycles. The summed E-state index contributed by atoms with van der Waals surface area (Å²) in [5, 5.41) is 0. The van der Waals surface area contributed by atoms with Gasteiger partial charge in [-0.15, -0.1) is 0 Å². The van der Waals surface area contributed by atoms with Crippen LogP contribution in [0.2, 0.25) is 0 Å². The molecule has 2 aliphatic heterocycles. The lowest BCUT2D eigenvalue weighted by atomic mass is 9.74. The maximum atomic E-state index is 13.6. The van der Waals surface area contributed by atoms with Crippen molar-refractivity contribution in [1.29, 1.82) is 0 Å². The van der Waals surface area contributed by atoms with Crippen LogP contribution in [-0.4, -0.2) is 43.7 Å². The molecule has 1 spiro atoms. The number of carbonyl (C=O) groups is 2. The summed E-state index contributed by atoms with van der Waals surface area (Å²) in [6.07, 6.45) is -1.46. The third-order valence-corrected chi connectivity index (χ3v) is 7.46.